The molecular formula is C22H20N4O3. The molecule has 1 aromatic carbocycles. The highest BCUT2D eigenvalue weighted by molar-refractivity contribution is 6.17. The monoisotopic (exact) mass is 388 g/mol. The van der Waals surface area contributed by atoms with Gasteiger partial charge >= 0.3 is 5.97 Å². The number of β-lactam (4-membered cyclic amide) rings is 1. The van der Waals surface area contributed by atoms with E-state index in [1.54, 1.807) is 12.4 Å². The number of fused-ring (bicyclic) bond motifs is 2. The first-order valence-corrected chi connectivity index (χ1v) is 9.43. The van der Waals surface area contributed by atoms with Crippen LogP contribution in [0.25, 0.3) is 6.08 Å². The van der Waals surface area contributed by atoms with Crippen molar-refractivity contribution in [2.24, 2.45) is 4.99 Å². The molecule has 1 atom stereocenters. The molecule has 4 heterocycles. The molecule has 1 fully saturated rings. The zero-order valence-corrected chi connectivity index (χ0v) is 16.4. The van der Waals surface area contributed by atoms with Gasteiger partial charge in [-0.25, -0.2) is 9.78 Å². The van der Waals surface area contributed by atoms with Gasteiger partial charge in [-0.15, -0.1) is 0 Å². The Balaban J connectivity index is 1.83. The Morgan fingerprint density at radius 3 is 2.83 bits per heavy atom. The van der Waals surface area contributed by atoms with Crippen molar-refractivity contribution in [3.05, 3.63) is 65.4 Å². The van der Waals surface area contributed by atoms with Gasteiger partial charge in [0.1, 0.15) is 11.2 Å². The number of methoxy groups -OCH3 is 1. The van der Waals surface area contributed by atoms with Crippen molar-refractivity contribution in [2.45, 2.75) is 31.2 Å². The Bertz CT molecular complexity index is 1150. The average molecular weight is 388 g/mol. The number of rotatable bonds is 1. The fourth-order valence-electron chi connectivity index (χ4n) is 4.47. The summed E-state index contributed by atoms with van der Waals surface area (Å²) >= 11 is 0. The molecule has 3 aliphatic heterocycles. The second kappa shape index (κ2) is 5.76. The van der Waals surface area contributed by atoms with Crippen LogP contribution >= 0.6 is 0 Å². The number of carbonyl (C=O) groups is 2. The van der Waals surface area contributed by atoms with E-state index in [4.69, 9.17) is 9.73 Å². The first kappa shape index (κ1) is 17.6. The summed E-state index contributed by atoms with van der Waals surface area (Å²) in [6.45, 7) is 4.12. The third-order valence-electron chi connectivity index (χ3n) is 5.93. The number of aromatic amines is 1. The lowest BCUT2D eigenvalue weighted by atomic mass is 9.73. The predicted octanol–water partition coefficient (Wildman–Crippen LogP) is 2.98. The van der Waals surface area contributed by atoms with Crippen LogP contribution in [-0.4, -0.2) is 39.6 Å². The normalized spacial score (nSPS) is 26.6. The largest absolute Gasteiger partial charge is 0.464 e. The van der Waals surface area contributed by atoms with Crippen molar-refractivity contribution in [2.75, 3.05) is 7.11 Å². The molecule has 0 saturated carbocycles. The summed E-state index contributed by atoms with van der Waals surface area (Å²) in [5.41, 5.74) is 2.86. The third kappa shape index (κ3) is 2.24. The van der Waals surface area contributed by atoms with Crippen LogP contribution in [0.15, 0.2) is 53.4 Å². The van der Waals surface area contributed by atoms with E-state index < -0.39 is 16.9 Å². The molecule has 7 heteroatoms. The zero-order chi connectivity index (χ0) is 20.4. The number of ether oxygens (including phenoxy) is 1. The molecule has 1 N–H and O–H groups in total. The van der Waals surface area contributed by atoms with Crippen LogP contribution in [-0.2, 0) is 25.3 Å². The Morgan fingerprint density at radius 1 is 1.28 bits per heavy atom. The van der Waals surface area contributed by atoms with Gasteiger partial charge in [-0.05, 0) is 18.2 Å². The summed E-state index contributed by atoms with van der Waals surface area (Å²) in [4.78, 5) is 39.5. The number of aliphatic imine (C=N–C) groups is 1. The van der Waals surface area contributed by atoms with Crippen LogP contribution in [0.3, 0.4) is 0 Å². The standard InChI is InChI=1S/C22H20N4O3/c1-21(2)9-8-17-22(13-6-4-5-7-14(13)25-17)11-18(27)26(22)16(20(28)29-3)10-15-19(21)24-12-23-15/h4-10,12H,11H2,1-3H3,(H,23,24)/b9-8-,16-10-/t22-/m0/s1. The Hall–Kier alpha value is -3.48. The van der Waals surface area contributed by atoms with Crippen molar-refractivity contribution in [1.82, 2.24) is 14.9 Å². The van der Waals surface area contributed by atoms with Gasteiger partial charge in [0, 0.05) is 11.0 Å². The molecular weight excluding hydrogens is 368 g/mol. The SMILES string of the molecule is COC(=O)/C1=C/c2nc[nH]c2C(C)(C)/C=C\C2=Nc3ccccc3[C@@]23CC(=O)N13. The topological polar surface area (TPSA) is 87.6 Å². The lowest BCUT2D eigenvalue weighted by Gasteiger charge is -2.50. The number of H-pyrrole nitrogens is 1. The molecule has 3 aliphatic rings. The highest BCUT2D eigenvalue weighted by atomic mass is 16.5. The smallest absolute Gasteiger partial charge is 0.354 e. The maximum atomic E-state index is 12.9. The summed E-state index contributed by atoms with van der Waals surface area (Å²) in [6, 6.07) is 7.73. The molecule has 5 rings (SSSR count). The van der Waals surface area contributed by atoms with E-state index in [9.17, 15) is 9.59 Å². The van der Waals surface area contributed by atoms with Crippen LogP contribution in [0.2, 0.25) is 0 Å². The second-order valence-electron chi connectivity index (χ2n) is 8.02. The predicted molar refractivity (Wildman–Crippen MR) is 107 cm³/mol. The summed E-state index contributed by atoms with van der Waals surface area (Å²) in [7, 11) is 1.31. The number of aromatic nitrogens is 2. The maximum absolute atomic E-state index is 12.9. The maximum Gasteiger partial charge on any atom is 0.354 e. The van der Waals surface area contributed by atoms with E-state index in [1.165, 1.54) is 12.0 Å². The summed E-state index contributed by atoms with van der Waals surface area (Å²) in [5, 5.41) is 0. The van der Waals surface area contributed by atoms with E-state index in [0.29, 0.717) is 5.69 Å². The Morgan fingerprint density at radius 2 is 2.07 bits per heavy atom. The van der Waals surface area contributed by atoms with Gasteiger partial charge in [0.2, 0.25) is 5.91 Å². The second-order valence-corrected chi connectivity index (χ2v) is 8.02. The zero-order valence-electron chi connectivity index (χ0n) is 16.4. The van der Waals surface area contributed by atoms with Gasteiger partial charge < -0.3 is 9.72 Å². The van der Waals surface area contributed by atoms with Crippen molar-refractivity contribution >= 4 is 29.4 Å². The molecule has 1 spiro atoms. The molecule has 7 nitrogen and oxygen atoms in total. The summed E-state index contributed by atoms with van der Waals surface area (Å²) in [6.07, 6.45) is 7.49. The molecule has 29 heavy (non-hydrogen) atoms. The third-order valence-corrected chi connectivity index (χ3v) is 5.93. The minimum Gasteiger partial charge on any atom is -0.464 e. The number of nitrogens with one attached hydrogen (secondary N) is 1. The first-order valence-electron chi connectivity index (χ1n) is 9.43. The lowest BCUT2D eigenvalue weighted by molar-refractivity contribution is -0.153. The molecule has 0 radical (unpaired) electrons. The summed E-state index contributed by atoms with van der Waals surface area (Å²) in [5.74, 6) is -0.742. The highest BCUT2D eigenvalue weighted by Gasteiger charge is 2.60. The number of allylic oxidation sites excluding steroid dienone is 1. The van der Waals surface area contributed by atoms with Gasteiger partial charge in [0.25, 0.3) is 0 Å². The summed E-state index contributed by atoms with van der Waals surface area (Å²) < 4.78 is 5.04. The number of carbonyl (C=O) groups excluding carboxylic acids is 2. The first-order chi connectivity index (χ1) is 13.9. The molecule has 1 aromatic heterocycles. The number of amides is 1. The molecule has 1 amide bonds. The molecule has 146 valence electrons. The number of esters is 1. The van der Waals surface area contributed by atoms with E-state index >= 15 is 0 Å². The average Bonchev–Trinajstić information content (AvgIpc) is 3.29. The highest BCUT2D eigenvalue weighted by Crippen LogP contribution is 2.53. The van der Waals surface area contributed by atoms with Crippen LogP contribution in [0.5, 0.6) is 0 Å². The van der Waals surface area contributed by atoms with Gasteiger partial charge in [-0.1, -0.05) is 38.1 Å². The van der Waals surface area contributed by atoms with Gasteiger partial charge in [-0.3, -0.25) is 14.7 Å². The van der Waals surface area contributed by atoms with E-state index in [2.05, 4.69) is 29.9 Å². The Labute approximate surface area is 167 Å². The number of benzene rings is 1. The fourth-order valence-corrected chi connectivity index (χ4v) is 4.47. The molecule has 0 bridgehead atoms. The molecule has 0 aliphatic carbocycles. The number of hydrogen-bond acceptors (Lipinski definition) is 5. The van der Waals surface area contributed by atoms with Gasteiger partial charge in [-0.2, -0.15) is 0 Å². The number of nitrogens with zero attached hydrogens (tertiary/aromatic N) is 3. The van der Waals surface area contributed by atoms with Crippen LogP contribution in [0, 0.1) is 0 Å². The van der Waals surface area contributed by atoms with Gasteiger partial charge in [0.05, 0.1) is 42.6 Å². The minimum atomic E-state index is -0.811. The van der Waals surface area contributed by atoms with Crippen molar-refractivity contribution in [3.8, 4) is 0 Å². The van der Waals surface area contributed by atoms with Crippen molar-refractivity contribution < 1.29 is 14.3 Å². The van der Waals surface area contributed by atoms with Crippen LogP contribution in [0.1, 0.15) is 37.2 Å². The Kier molecular flexibility index (Phi) is 3.50. The van der Waals surface area contributed by atoms with Crippen LogP contribution < -0.4 is 0 Å². The number of hydrogen-bond donors (Lipinski definition) is 1. The van der Waals surface area contributed by atoms with E-state index in [-0.39, 0.29) is 18.0 Å². The molecule has 0 unspecified atom stereocenters. The fraction of sp³-hybridized carbons (Fsp3) is 0.273. The van der Waals surface area contributed by atoms with Crippen molar-refractivity contribution in [1.29, 1.82) is 0 Å². The number of para-hydroxylation sites is 1. The van der Waals surface area contributed by atoms with E-state index in [0.717, 1.165) is 22.7 Å². The van der Waals surface area contributed by atoms with Crippen molar-refractivity contribution in [3.63, 3.8) is 0 Å². The van der Waals surface area contributed by atoms with E-state index in [1.807, 2.05) is 30.3 Å². The van der Waals surface area contributed by atoms with Gasteiger partial charge in [0.15, 0.2) is 0 Å². The quantitative estimate of drug-likeness (QED) is 0.601. The lowest BCUT2D eigenvalue weighted by Crippen LogP contribution is -2.64. The molecule has 2 aromatic rings. The minimum absolute atomic E-state index is 0.156. The van der Waals surface area contributed by atoms with Crippen LogP contribution in [0.4, 0.5) is 5.69 Å². The molecule has 1 saturated heterocycles. The number of imidazole rings is 1.